The molecule has 17 heavy (non-hydrogen) atoms. The molecular weight excluding hydrogens is 236 g/mol. The van der Waals surface area contributed by atoms with Crippen LogP contribution in [-0.2, 0) is 6.54 Å². The summed E-state index contributed by atoms with van der Waals surface area (Å²) < 4.78 is 0. The van der Waals surface area contributed by atoms with Crippen molar-refractivity contribution < 1.29 is 5.11 Å². The Labute approximate surface area is 107 Å². The fourth-order valence-corrected chi connectivity index (χ4v) is 2.50. The minimum atomic E-state index is -0.210. The predicted octanol–water partition coefficient (Wildman–Crippen LogP) is 2.38. The first-order chi connectivity index (χ1) is 8.25. The number of nitrogens with one attached hydrogen (secondary N) is 1. The van der Waals surface area contributed by atoms with Crippen molar-refractivity contribution >= 4 is 11.6 Å². The van der Waals surface area contributed by atoms with Crippen molar-refractivity contribution in [3.63, 3.8) is 0 Å². The molecule has 1 saturated carbocycles. The number of aromatic nitrogens is 1. The fraction of sp³-hybridized carbons (Fsp3) is 0.615. The maximum Gasteiger partial charge on any atom is 0.129 e. The molecule has 0 aliphatic heterocycles. The molecule has 1 atom stereocenters. The molecular formula is C13H19ClN2O. The normalized spacial score (nSPS) is 18.5. The van der Waals surface area contributed by atoms with Crippen LogP contribution < -0.4 is 5.32 Å². The number of hydrogen-bond donors (Lipinski definition) is 2. The smallest absolute Gasteiger partial charge is 0.129 e. The third-order valence-electron chi connectivity index (χ3n) is 3.42. The lowest BCUT2D eigenvalue weighted by Crippen LogP contribution is -2.31. The van der Waals surface area contributed by atoms with Crippen LogP contribution in [0.3, 0.4) is 0 Å². The summed E-state index contributed by atoms with van der Waals surface area (Å²) in [6.45, 7) is 1.39. The molecule has 4 heteroatoms. The van der Waals surface area contributed by atoms with Crippen LogP contribution in [0.15, 0.2) is 18.3 Å². The second kappa shape index (κ2) is 6.34. The Balaban J connectivity index is 1.70. The Morgan fingerprint density at radius 2 is 2.18 bits per heavy atom. The Hall–Kier alpha value is -0.640. The van der Waals surface area contributed by atoms with Crippen molar-refractivity contribution in [1.29, 1.82) is 0 Å². The van der Waals surface area contributed by atoms with Gasteiger partial charge in [0.25, 0.3) is 0 Å². The highest BCUT2D eigenvalue weighted by Crippen LogP contribution is 2.27. The number of nitrogens with zero attached hydrogens (tertiary/aromatic N) is 1. The van der Waals surface area contributed by atoms with Gasteiger partial charge in [-0.2, -0.15) is 0 Å². The van der Waals surface area contributed by atoms with E-state index in [-0.39, 0.29) is 6.10 Å². The highest BCUT2D eigenvalue weighted by atomic mass is 35.5. The van der Waals surface area contributed by atoms with Crippen molar-refractivity contribution in [3.8, 4) is 0 Å². The topological polar surface area (TPSA) is 45.1 Å². The zero-order chi connectivity index (χ0) is 12.1. The van der Waals surface area contributed by atoms with Crippen LogP contribution in [0, 0.1) is 5.92 Å². The molecule has 2 N–H and O–H groups in total. The van der Waals surface area contributed by atoms with E-state index in [1.807, 2.05) is 6.07 Å². The highest BCUT2D eigenvalue weighted by Gasteiger charge is 2.22. The number of hydrogen-bond acceptors (Lipinski definition) is 3. The van der Waals surface area contributed by atoms with Crippen LogP contribution in [0.25, 0.3) is 0 Å². The molecule has 1 unspecified atom stereocenters. The molecule has 1 aromatic heterocycles. The van der Waals surface area contributed by atoms with Crippen LogP contribution in [0.4, 0.5) is 0 Å². The predicted molar refractivity (Wildman–Crippen MR) is 68.9 cm³/mol. The van der Waals surface area contributed by atoms with E-state index in [0.717, 1.165) is 12.1 Å². The Bertz CT molecular complexity index is 336. The van der Waals surface area contributed by atoms with E-state index in [4.69, 9.17) is 11.6 Å². The van der Waals surface area contributed by atoms with E-state index in [1.165, 1.54) is 25.7 Å². The zero-order valence-corrected chi connectivity index (χ0v) is 10.7. The molecule has 2 rings (SSSR count). The first kappa shape index (κ1) is 12.8. The van der Waals surface area contributed by atoms with Crippen molar-refractivity contribution in [2.45, 2.75) is 38.3 Å². The molecule has 0 radical (unpaired) electrons. The average Bonchev–Trinajstić information content (AvgIpc) is 2.85. The van der Waals surface area contributed by atoms with Crippen LogP contribution >= 0.6 is 11.6 Å². The fourth-order valence-electron chi connectivity index (χ4n) is 2.38. The molecule has 0 amide bonds. The largest absolute Gasteiger partial charge is 0.392 e. The van der Waals surface area contributed by atoms with E-state index in [1.54, 1.807) is 12.3 Å². The lowest BCUT2D eigenvalue weighted by atomic mass is 10.0. The molecule has 1 aromatic rings. The molecule has 1 aliphatic carbocycles. The van der Waals surface area contributed by atoms with Gasteiger partial charge in [-0.1, -0.05) is 30.5 Å². The average molecular weight is 255 g/mol. The summed E-state index contributed by atoms with van der Waals surface area (Å²) in [6.07, 6.45) is 6.43. The van der Waals surface area contributed by atoms with Gasteiger partial charge in [0.15, 0.2) is 0 Å². The van der Waals surface area contributed by atoms with Gasteiger partial charge in [0.1, 0.15) is 5.15 Å². The molecule has 0 saturated heterocycles. The number of aliphatic hydroxyl groups excluding tert-OH is 1. The number of halogens is 1. The summed E-state index contributed by atoms with van der Waals surface area (Å²) in [4.78, 5) is 4.02. The number of pyridine rings is 1. The molecule has 0 aromatic carbocycles. The lowest BCUT2D eigenvalue weighted by molar-refractivity contribution is 0.109. The van der Waals surface area contributed by atoms with Gasteiger partial charge in [0, 0.05) is 19.3 Å². The Morgan fingerprint density at radius 3 is 2.82 bits per heavy atom. The Kier molecular flexibility index (Phi) is 4.77. The van der Waals surface area contributed by atoms with Gasteiger partial charge in [-0.3, -0.25) is 0 Å². The molecule has 0 bridgehead atoms. The maximum atomic E-state index is 9.97. The second-order valence-corrected chi connectivity index (χ2v) is 5.12. The first-order valence-corrected chi connectivity index (χ1v) is 6.63. The van der Waals surface area contributed by atoms with Gasteiger partial charge in [-0.25, -0.2) is 4.98 Å². The van der Waals surface area contributed by atoms with E-state index < -0.39 is 0 Å². The SMILES string of the molecule is OC(CNCc1ccc(Cl)nc1)C1CCCC1. The van der Waals surface area contributed by atoms with Crippen LogP contribution in [0.2, 0.25) is 5.15 Å². The van der Waals surface area contributed by atoms with Gasteiger partial charge >= 0.3 is 0 Å². The number of rotatable bonds is 5. The van der Waals surface area contributed by atoms with E-state index in [2.05, 4.69) is 10.3 Å². The summed E-state index contributed by atoms with van der Waals surface area (Å²) in [5, 5.41) is 13.8. The van der Waals surface area contributed by atoms with Crippen molar-refractivity contribution in [2.75, 3.05) is 6.54 Å². The van der Waals surface area contributed by atoms with Crippen molar-refractivity contribution in [1.82, 2.24) is 10.3 Å². The van der Waals surface area contributed by atoms with Crippen molar-refractivity contribution in [2.24, 2.45) is 5.92 Å². The number of aliphatic hydroxyl groups is 1. The lowest BCUT2D eigenvalue weighted by Gasteiger charge is -2.18. The van der Waals surface area contributed by atoms with Gasteiger partial charge < -0.3 is 10.4 Å². The van der Waals surface area contributed by atoms with E-state index in [9.17, 15) is 5.11 Å². The summed E-state index contributed by atoms with van der Waals surface area (Å²) in [5.74, 6) is 0.492. The summed E-state index contributed by atoms with van der Waals surface area (Å²) >= 11 is 5.71. The molecule has 0 spiro atoms. The van der Waals surface area contributed by atoms with Crippen LogP contribution in [0.1, 0.15) is 31.2 Å². The maximum absolute atomic E-state index is 9.97. The third kappa shape index (κ3) is 3.95. The quantitative estimate of drug-likeness (QED) is 0.793. The summed E-state index contributed by atoms with van der Waals surface area (Å²) in [5.41, 5.74) is 1.09. The monoisotopic (exact) mass is 254 g/mol. The van der Waals surface area contributed by atoms with Crippen molar-refractivity contribution in [3.05, 3.63) is 29.0 Å². The van der Waals surface area contributed by atoms with E-state index >= 15 is 0 Å². The summed E-state index contributed by atoms with van der Waals surface area (Å²) in [6, 6.07) is 3.73. The molecule has 1 aliphatic rings. The van der Waals surface area contributed by atoms with Gasteiger partial charge in [0.05, 0.1) is 6.10 Å². The zero-order valence-electron chi connectivity index (χ0n) is 9.90. The first-order valence-electron chi connectivity index (χ1n) is 6.25. The minimum absolute atomic E-state index is 0.210. The summed E-state index contributed by atoms with van der Waals surface area (Å²) in [7, 11) is 0. The standard InChI is InChI=1S/C13H19ClN2O/c14-13-6-5-10(8-16-13)7-15-9-12(17)11-3-1-2-4-11/h5-6,8,11-12,15,17H,1-4,7,9H2. The molecule has 1 heterocycles. The van der Waals surface area contributed by atoms with E-state index in [0.29, 0.717) is 17.6 Å². The second-order valence-electron chi connectivity index (χ2n) is 4.73. The van der Waals surface area contributed by atoms with Crippen LogP contribution in [0.5, 0.6) is 0 Å². The van der Waals surface area contributed by atoms with Crippen LogP contribution in [-0.4, -0.2) is 22.7 Å². The van der Waals surface area contributed by atoms with Gasteiger partial charge in [-0.05, 0) is 30.4 Å². The third-order valence-corrected chi connectivity index (χ3v) is 3.64. The highest BCUT2D eigenvalue weighted by molar-refractivity contribution is 6.29. The van der Waals surface area contributed by atoms with Gasteiger partial charge in [-0.15, -0.1) is 0 Å². The molecule has 94 valence electrons. The molecule has 1 fully saturated rings. The minimum Gasteiger partial charge on any atom is -0.392 e. The Morgan fingerprint density at radius 1 is 1.41 bits per heavy atom. The van der Waals surface area contributed by atoms with Gasteiger partial charge in [0.2, 0.25) is 0 Å². The molecule has 3 nitrogen and oxygen atoms in total.